The van der Waals surface area contributed by atoms with Crippen LogP contribution < -0.4 is 10.6 Å². The number of hydrogen-bond acceptors (Lipinski definition) is 3. The molecule has 22 heavy (non-hydrogen) atoms. The number of hydrogen-bond donors (Lipinski definition) is 2. The number of rotatable bonds is 4. The summed E-state index contributed by atoms with van der Waals surface area (Å²) >= 11 is 9.31. The summed E-state index contributed by atoms with van der Waals surface area (Å²) in [7, 11) is -3.63. The number of carbonyl (C=O) groups is 1. The fourth-order valence-corrected chi connectivity index (χ4v) is 4.92. The summed E-state index contributed by atoms with van der Waals surface area (Å²) in [4.78, 5) is 12.3. The second kappa shape index (κ2) is 6.84. The van der Waals surface area contributed by atoms with Crippen LogP contribution in [0.4, 0.5) is 0 Å². The molecule has 1 fully saturated rings. The van der Waals surface area contributed by atoms with Gasteiger partial charge < -0.3 is 10.6 Å². The van der Waals surface area contributed by atoms with Crippen LogP contribution in [0.3, 0.4) is 0 Å². The highest BCUT2D eigenvalue weighted by atomic mass is 79.9. The van der Waals surface area contributed by atoms with E-state index in [-0.39, 0.29) is 21.9 Å². The summed E-state index contributed by atoms with van der Waals surface area (Å²) in [6, 6.07) is 4.38. The molecule has 1 heterocycles. The van der Waals surface area contributed by atoms with Crippen LogP contribution in [-0.2, 0) is 14.8 Å². The highest BCUT2D eigenvalue weighted by Crippen LogP contribution is 2.27. The van der Waals surface area contributed by atoms with Crippen LogP contribution in [0, 0.1) is 0 Å². The molecule has 1 aromatic carbocycles. The minimum absolute atomic E-state index is 0.101. The molecule has 122 valence electrons. The first-order chi connectivity index (χ1) is 10.2. The molecule has 0 unspecified atom stereocenters. The number of nitrogens with one attached hydrogen (secondary N) is 1. The van der Waals surface area contributed by atoms with Gasteiger partial charge in [0.1, 0.15) is 4.90 Å². The van der Waals surface area contributed by atoms with Crippen LogP contribution in [0.5, 0.6) is 0 Å². The molecule has 1 aromatic rings. The van der Waals surface area contributed by atoms with Crippen LogP contribution in [0.25, 0.3) is 0 Å². The van der Waals surface area contributed by atoms with E-state index in [0.717, 1.165) is 9.37 Å². The molecule has 0 saturated carbocycles. The second-order valence-corrected chi connectivity index (χ2v) is 8.49. The van der Waals surface area contributed by atoms with E-state index in [0.29, 0.717) is 26.2 Å². The molecule has 1 atom stereocenters. The molecule has 0 spiro atoms. The Labute approximate surface area is 143 Å². The zero-order valence-corrected chi connectivity index (χ0v) is 15.2. The molecular weight excluding hydrogens is 394 g/mol. The number of quaternary nitrogens is 1. The Bertz CT molecular complexity index is 675. The van der Waals surface area contributed by atoms with Crippen molar-refractivity contribution in [2.45, 2.75) is 17.9 Å². The molecule has 0 bridgehead atoms. The third kappa shape index (κ3) is 3.62. The largest absolute Gasteiger partial charge is 0.365 e. The Morgan fingerprint density at radius 1 is 1.41 bits per heavy atom. The highest BCUT2D eigenvalue weighted by molar-refractivity contribution is 9.10. The Kier molecular flexibility index (Phi) is 5.50. The maximum absolute atomic E-state index is 12.7. The van der Waals surface area contributed by atoms with Crippen molar-refractivity contribution < 1.29 is 18.1 Å². The minimum Gasteiger partial charge on any atom is -0.365 e. The van der Waals surface area contributed by atoms with Crippen LogP contribution >= 0.6 is 27.5 Å². The van der Waals surface area contributed by atoms with E-state index in [1.807, 2.05) is 0 Å². The van der Waals surface area contributed by atoms with Gasteiger partial charge in [-0.25, -0.2) is 8.42 Å². The first-order valence-electron chi connectivity index (χ1n) is 6.82. The van der Waals surface area contributed by atoms with E-state index >= 15 is 0 Å². The number of primary amides is 1. The molecule has 3 N–H and O–H groups in total. The zero-order valence-electron chi connectivity index (χ0n) is 12.1. The number of benzene rings is 1. The van der Waals surface area contributed by atoms with Crippen LogP contribution in [0.1, 0.15) is 6.92 Å². The van der Waals surface area contributed by atoms with Crippen molar-refractivity contribution in [3.63, 3.8) is 0 Å². The molecule has 2 rings (SSSR count). The van der Waals surface area contributed by atoms with Gasteiger partial charge in [-0.1, -0.05) is 27.5 Å². The topological polar surface area (TPSA) is 84.9 Å². The lowest BCUT2D eigenvalue weighted by atomic mass is 10.2. The van der Waals surface area contributed by atoms with E-state index in [1.54, 1.807) is 19.1 Å². The number of halogens is 2. The predicted octanol–water partition coefficient (Wildman–Crippen LogP) is -0.134. The molecule has 1 aliphatic rings. The lowest BCUT2D eigenvalue weighted by Gasteiger charge is -2.33. The van der Waals surface area contributed by atoms with Crippen molar-refractivity contribution >= 4 is 43.5 Å². The monoisotopic (exact) mass is 410 g/mol. The van der Waals surface area contributed by atoms with Crippen molar-refractivity contribution in [3.8, 4) is 0 Å². The highest BCUT2D eigenvalue weighted by Gasteiger charge is 2.34. The normalized spacial score (nSPS) is 19.0. The summed E-state index contributed by atoms with van der Waals surface area (Å²) in [5, 5.41) is 0.189. The lowest BCUT2D eigenvalue weighted by Crippen LogP contribution is -3.19. The first-order valence-corrected chi connectivity index (χ1v) is 9.43. The Hall–Kier alpha value is -0.670. The number of amides is 1. The van der Waals surface area contributed by atoms with Crippen molar-refractivity contribution in [3.05, 3.63) is 27.7 Å². The van der Waals surface area contributed by atoms with Gasteiger partial charge in [0, 0.05) is 4.47 Å². The van der Waals surface area contributed by atoms with Crippen molar-refractivity contribution in [1.29, 1.82) is 0 Å². The second-order valence-electron chi connectivity index (χ2n) is 5.26. The molecule has 9 heteroatoms. The van der Waals surface area contributed by atoms with Gasteiger partial charge in [0.15, 0.2) is 6.04 Å². The van der Waals surface area contributed by atoms with Crippen LogP contribution in [0.2, 0.25) is 5.02 Å². The third-order valence-electron chi connectivity index (χ3n) is 3.92. The van der Waals surface area contributed by atoms with Gasteiger partial charge >= 0.3 is 0 Å². The standard InChI is InChI=1S/C13H17BrClN3O3S/c1-9(13(16)19)17-4-6-18(7-5-17)22(20,21)12-3-2-10(14)8-11(12)15/h2-3,8-9H,4-7H2,1H3,(H2,16,19)/p+1/t9-/m0/s1. The van der Waals surface area contributed by atoms with Crippen molar-refractivity contribution in [2.24, 2.45) is 5.73 Å². The van der Waals surface area contributed by atoms with Gasteiger partial charge in [0.05, 0.1) is 31.2 Å². The predicted molar refractivity (Wildman–Crippen MR) is 87.3 cm³/mol. The van der Waals surface area contributed by atoms with Gasteiger partial charge in [-0.3, -0.25) is 4.79 Å². The molecule has 0 radical (unpaired) electrons. The molecule has 6 nitrogen and oxygen atoms in total. The maximum Gasteiger partial charge on any atom is 0.275 e. The van der Waals surface area contributed by atoms with E-state index < -0.39 is 10.0 Å². The fraction of sp³-hybridized carbons (Fsp3) is 0.462. The third-order valence-corrected chi connectivity index (χ3v) is 6.79. The summed E-state index contributed by atoms with van der Waals surface area (Å²) in [6.45, 7) is 3.51. The van der Waals surface area contributed by atoms with Crippen LogP contribution in [0.15, 0.2) is 27.6 Å². The fourth-order valence-electron chi connectivity index (χ4n) is 2.47. The SMILES string of the molecule is C[C@@H](C(N)=O)[NH+]1CCN(S(=O)(=O)c2ccc(Br)cc2Cl)CC1. The van der Waals surface area contributed by atoms with Gasteiger partial charge in [-0.15, -0.1) is 0 Å². The maximum atomic E-state index is 12.7. The van der Waals surface area contributed by atoms with Crippen molar-refractivity contribution in [1.82, 2.24) is 4.31 Å². The van der Waals surface area contributed by atoms with Gasteiger partial charge in [-0.05, 0) is 25.1 Å². The lowest BCUT2D eigenvalue weighted by molar-refractivity contribution is -0.917. The Morgan fingerprint density at radius 3 is 2.50 bits per heavy atom. The number of nitrogens with zero attached hydrogens (tertiary/aromatic N) is 1. The van der Waals surface area contributed by atoms with E-state index in [4.69, 9.17) is 17.3 Å². The molecule has 1 saturated heterocycles. The Morgan fingerprint density at radius 2 is 2.00 bits per heavy atom. The molecule has 1 aliphatic heterocycles. The van der Waals surface area contributed by atoms with E-state index in [1.165, 1.54) is 10.4 Å². The number of piperazine rings is 1. The van der Waals surface area contributed by atoms with Crippen LogP contribution in [-0.4, -0.2) is 50.9 Å². The van der Waals surface area contributed by atoms with E-state index in [2.05, 4.69) is 15.9 Å². The summed E-state index contributed by atoms with van der Waals surface area (Å²) in [5.74, 6) is -0.373. The molecule has 1 amide bonds. The summed E-state index contributed by atoms with van der Waals surface area (Å²) < 4.78 is 27.4. The average molecular weight is 412 g/mol. The number of sulfonamides is 1. The minimum atomic E-state index is -3.63. The average Bonchev–Trinajstić information content (AvgIpc) is 2.46. The first kappa shape index (κ1) is 17.7. The summed E-state index contributed by atoms with van der Waals surface area (Å²) in [6.07, 6.45) is 0. The van der Waals surface area contributed by atoms with E-state index in [9.17, 15) is 13.2 Å². The number of carbonyl (C=O) groups excluding carboxylic acids is 1. The zero-order chi connectivity index (χ0) is 16.5. The number of nitrogens with two attached hydrogens (primary N) is 1. The molecular formula is C13H18BrClN3O3S+. The smallest absolute Gasteiger partial charge is 0.275 e. The molecule has 0 aliphatic carbocycles. The summed E-state index contributed by atoms with van der Waals surface area (Å²) in [5.41, 5.74) is 5.30. The van der Waals surface area contributed by atoms with Gasteiger partial charge in [0.2, 0.25) is 10.0 Å². The molecule has 0 aromatic heterocycles. The van der Waals surface area contributed by atoms with Crippen molar-refractivity contribution in [2.75, 3.05) is 26.2 Å². The quantitative estimate of drug-likeness (QED) is 0.723. The van der Waals surface area contributed by atoms with Gasteiger partial charge in [-0.2, -0.15) is 4.31 Å². The van der Waals surface area contributed by atoms with Gasteiger partial charge in [0.25, 0.3) is 5.91 Å². The Balaban J connectivity index is 2.14.